The molecule has 0 spiro atoms. The van der Waals surface area contributed by atoms with E-state index < -0.39 is 0 Å². The fourth-order valence-electron chi connectivity index (χ4n) is 2.84. The highest BCUT2D eigenvalue weighted by atomic mass is 35.5. The lowest BCUT2D eigenvalue weighted by Crippen LogP contribution is -2.51. The predicted molar refractivity (Wildman–Crippen MR) is 82.4 cm³/mol. The number of likely N-dealkylation sites (N-methyl/N-ethyl adjacent to an activating group) is 1. The van der Waals surface area contributed by atoms with E-state index in [2.05, 4.69) is 25.2 Å². The van der Waals surface area contributed by atoms with Crippen LogP contribution in [-0.2, 0) is 5.41 Å². The number of rotatable bonds is 4. The zero-order valence-electron chi connectivity index (χ0n) is 10.8. The lowest BCUT2D eigenvalue weighted by Gasteiger charge is -2.47. The van der Waals surface area contributed by atoms with Crippen molar-refractivity contribution >= 4 is 35.6 Å². The van der Waals surface area contributed by atoms with Crippen LogP contribution in [0, 0.1) is 0 Å². The Bertz CT molecular complexity index is 402. The molecular formula is C14H20Cl3N. The van der Waals surface area contributed by atoms with Crippen LogP contribution in [0.15, 0.2) is 18.2 Å². The van der Waals surface area contributed by atoms with Crippen LogP contribution in [0.1, 0.15) is 38.7 Å². The lowest BCUT2D eigenvalue weighted by atomic mass is 9.60. The molecule has 2 rings (SSSR count). The van der Waals surface area contributed by atoms with Gasteiger partial charge in [0.05, 0.1) is 10.0 Å². The number of nitrogens with one attached hydrogen (secondary N) is 1. The Morgan fingerprint density at radius 2 is 1.94 bits per heavy atom. The Labute approximate surface area is 126 Å². The molecule has 1 aliphatic carbocycles. The van der Waals surface area contributed by atoms with Crippen molar-refractivity contribution in [3.05, 3.63) is 33.8 Å². The van der Waals surface area contributed by atoms with Crippen molar-refractivity contribution < 1.29 is 0 Å². The first-order valence-corrected chi connectivity index (χ1v) is 7.04. The summed E-state index contributed by atoms with van der Waals surface area (Å²) in [5.74, 6) is 0. The molecule has 1 unspecified atom stereocenters. The summed E-state index contributed by atoms with van der Waals surface area (Å²) in [4.78, 5) is 0. The van der Waals surface area contributed by atoms with Crippen LogP contribution in [0.4, 0.5) is 0 Å². The maximum atomic E-state index is 6.13. The number of hydrogen-bond donors (Lipinski definition) is 1. The first kappa shape index (κ1) is 16.1. The quantitative estimate of drug-likeness (QED) is 0.839. The molecule has 1 N–H and O–H groups in total. The van der Waals surface area contributed by atoms with Crippen molar-refractivity contribution in [2.45, 2.75) is 44.6 Å². The molecule has 102 valence electrons. The molecule has 1 aliphatic rings. The largest absolute Gasteiger partial charge is 0.314 e. The molecule has 1 atom stereocenters. The Morgan fingerprint density at radius 3 is 2.39 bits per heavy atom. The summed E-state index contributed by atoms with van der Waals surface area (Å²) >= 11 is 12.1. The van der Waals surface area contributed by atoms with Gasteiger partial charge < -0.3 is 5.32 Å². The van der Waals surface area contributed by atoms with Crippen LogP contribution in [0.2, 0.25) is 10.0 Å². The van der Waals surface area contributed by atoms with Gasteiger partial charge in [-0.3, -0.25) is 0 Å². The molecule has 1 nitrogen and oxygen atoms in total. The van der Waals surface area contributed by atoms with E-state index in [1.165, 1.54) is 24.8 Å². The fraction of sp³-hybridized carbons (Fsp3) is 0.571. The molecule has 0 aromatic heterocycles. The SMILES string of the molecule is CCNC(C)C1(c2ccc(Cl)c(Cl)c2)CCC1.Cl. The van der Waals surface area contributed by atoms with Crippen LogP contribution < -0.4 is 5.32 Å². The van der Waals surface area contributed by atoms with Crippen LogP contribution in [0.3, 0.4) is 0 Å². The van der Waals surface area contributed by atoms with Crippen molar-refractivity contribution in [3.8, 4) is 0 Å². The molecule has 1 aromatic carbocycles. The van der Waals surface area contributed by atoms with Crippen LogP contribution in [-0.4, -0.2) is 12.6 Å². The maximum Gasteiger partial charge on any atom is 0.0595 e. The van der Waals surface area contributed by atoms with Crippen molar-refractivity contribution in [2.75, 3.05) is 6.54 Å². The van der Waals surface area contributed by atoms with Gasteiger partial charge in [-0.2, -0.15) is 0 Å². The molecule has 1 saturated carbocycles. The van der Waals surface area contributed by atoms with E-state index in [0.717, 1.165) is 6.54 Å². The van der Waals surface area contributed by atoms with Gasteiger partial charge in [-0.05, 0) is 44.0 Å². The zero-order valence-corrected chi connectivity index (χ0v) is 13.1. The second kappa shape index (κ2) is 6.47. The molecule has 0 amide bonds. The lowest BCUT2D eigenvalue weighted by molar-refractivity contribution is 0.181. The first-order chi connectivity index (χ1) is 8.10. The second-order valence-electron chi connectivity index (χ2n) is 4.92. The summed E-state index contributed by atoms with van der Waals surface area (Å²) < 4.78 is 0. The molecule has 0 aliphatic heterocycles. The van der Waals surface area contributed by atoms with Crippen molar-refractivity contribution in [3.63, 3.8) is 0 Å². The van der Waals surface area contributed by atoms with Gasteiger partial charge in [-0.1, -0.05) is 42.6 Å². The highest BCUT2D eigenvalue weighted by molar-refractivity contribution is 6.42. The van der Waals surface area contributed by atoms with Gasteiger partial charge in [-0.25, -0.2) is 0 Å². The Morgan fingerprint density at radius 1 is 1.28 bits per heavy atom. The highest BCUT2D eigenvalue weighted by Gasteiger charge is 2.43. The van der Waals surface area contributed by atoms with Gasteiger partial charge in [0.25, 0.3) is 0 Å². The third-order valence-corrected chi connectivity index (χ3v) is 4.82. The van der Waals surface area contributed by atoms with Crippen LogP contribution in [0.5, 0.6) is 0 Å². The van der Waals surface area contributed by atoms with E-state index in [0.29, 0.717) is 16.1 Å². The highest BCUT2D eigenvalue weighted by Crippen LogP contribution is 2.47. The van der Waals surface area contributed by atoms with Crippen LogP contribution in [0.25, 0.3) is 0 Å². The van der Waals surface area contributed by atoms with E-state index >= 15 is 0 Å². The first-order valence-electron chi connectivity index (χ1n) is 6.29. The van der Waals surface area contributed by atoms with E-state index in [1.807, 2.05) is 12.1 Å². The summed E-state index contributed by atoms with van der Waals surface area (Å²) in [6.45, 7) is 5.42. The van der Waals surface area contributed by atoms with Gasteiger partial charge in [0.2, 0.25) is 0 Å². The van der Waals surface area contributed by atoms with Crippen molar-refractivity contribution in [1.82, 2.24) is 5.32 Å². The van der Waals surface area contributed by atoms with E-state index in [1.54, 1.807) is 0 Å². The molecular weight excluding hydrogens is 289 g/mol. The number of benzene rings is 1. The van der Waals surface area contributed by atoms with Crippen molar-refractivity contribution in [2.24, 2.45) is 0 Å². The third-order valence-electron chi connectivity index (χ3n) is 4.08. The fourth-order valence-corrected chi connectivity index (χ4v) is 3.13. The summed E-state index contributed by atoms with van der Waals surface area (Å²) in [6, 6.07) is 6.56. The maximum absolute atomic E-state index is 6.13. The Balaban J connectivity index is 0.00000162. The van der Waals surface area contributed by atoms with Crippen LogP contribution >= 0.6 is 35.6 Å². The monoisotopic (exact) mass is 307 g/mol. The molecule has 18 heavy (non-hydrogen) atoms. The predicted octanol–water partition coefficient (Wildman–Crippen LogP) is 4.83. The number of hydrogen-bond acceptors (Lipinski definition) is 1. The summed E-state index contributed by atoms with van der Waals surface area (Å²) in [5, 5.41) is 4.85. The number of halogens is 3. The van der Waals surface area contributed by atoms with Crippen molar-refractivity contribution in [1.29, 1.82) is 0 Å². The minimum Gasteiger partial charge on any atom is -0.314 e. The molecule has 0 saturated heterocycles. The zero-order chi connectivity index (χ0) is 12.5. The third kappa shape index (κ3) is 2.80. The standard InChI is InChI=1S/C14H19Cl2N.ClH/c1-3-17-10(2)14(7-4-8-14)11-5-6-12(15)13(16)9-11;/h5-6,9-10,17H,3-4,7-8H2,1-2H3;1H. The summed E-state index contributed by atoms with van der Waals surface area (Å²) in [5.41, 5.74) is 1.58. The van der Waals surface area contributed by atoms with Gasteiger partial charge >= 0.3 is 0 Å². The normalized spacial score (nSPS) is 18.7. The van der Waals surface area contributed by atoms with E-state index in [4.69, 9.17) is 23.2 Å². The Kier molecular flexibility index (Phi) is 5.79. The van der Waals surface area contributed by atoms with Gasteiger partial charge in [0, 0.05) is 11.5 Å². The molecule has 0 bridgehead atoms. The van der Waals surface area contributed by atoms with Gasteiger partial charge in [0.15, 0.2) is 0 Å². The smallest absolute Gasteiger partial charge is 0.0595 e. The topological polar surface area (TPSA) is 12.0 Å². The van der Waals surface area contributed by atoms with Gasteiger partial charge in [0.1, 0.15) is 0 Å². The Hall–Kier alpha value is 0.0500. The van der Waals surface area contributed by atoms with Gasteiger partial charge in [-0.15, -0.1) is 12.4 Å². The van der Waals surface area contributed by atoms with E-state index in [9.17, 15) is 0 Å². The second-order valence-corrected chi connectivity index (χ2v) is 5.73. The minimum absolute atomic E-state index is 0. The summed E-state index contributed by atoms with van der Waals surface area (Å²) in [7, 11) is 0. The summed E-state index contributed by atoms with van der Waals surface area (Å²) in [6.07, 6.45) is 3.77. The average molecular weight is 309 g/mol. The van der Waals surface area contributed by atoms with E-state index in [-0.39, 0.29) is 17.8 Å². The molecule has 0 heterocycles. The molecule has 4 heteroatoms. The molecule has 1 fully saturated rings. The minimum atomic E-state index is 0. The average Bonchev–Trinajstić information content (AvgIpc) is 2.22. The molecule has 0 radical (unpaired) electrons. The molecule has 1 aromatic rings.